The van der Waals surface area contributed by atoms with Crippen LogP contribution in [0.2, 0.25) is 4.34 Å². The molecule has 3 nitrogen and oxygen atoms in total. The molecule has 0 amide bonds. The van der Waals surface area contributed by atoms with Crippen molar-refractivity contribution in [2.75, 3.05) is 18.2 Å². The summed E-state index contributed by atoms with van der Waals surface area (Å²) < 4.78 is 19.4. The van der Waals surface area contributed by atoms with E-state index in [0.29, 0.717) is 22.3 Å². The van der Waals surface area contributed by atoms with Crippen molar-refractivity contribution in [3.05, 3.63) is 39.3 Å². The van der Waals surface area contributed by atoms with Crippen molar-refractivity contribution in [1.82, 2.24) is 0 Å². The highest BCUT2D eigenvalue weighted by Crippen LogP contribution is 2.29. The van der Waals surface area contributed by atoms with E-state index in [2.05, 4.69) is 5.32 Å². The van der Waals surface area contributed by atoms with Crippen molar-refractivity contribution >= 4 is 34.3 Å². The van der Waals surface area contributed by atoms with Crippen LogP contribution in [0.1, 0.15) is 4.88 Å². The second-order valence-corrected chi connectivity index (χ2v) is 5.43. The van der Waals surface area contributed by atoms with E-state index in [1.165, 1.54) is 24.5 Å². The van der Waals surface area contributed by atoms with Gasteiger partial charge in [0.25, 0.3) is 0 Å². The van der Waals surface area contributed by atoms with Gasteiger partial charge in [0.05, 0.1) is 22.8 Å². The van der Waals surface area contributed by atoms with Crippen LogP contribution in [0.3, 0.4) is 0 Å². The van der Waals surface area contributed by atoms with Gasteiger partial charge in [-0.1, -0.05) is 11.6 Å². The number of benzene rings is 1. The minimum atomic E-state index is -0.407. The zero-order chi connectivity index (χ0) is 13.1. The molecule has 96 valence electrons. The van der Waals surface area contributed by atoms with Gasteiger partial charge in [-0.3, -0.25) is 0 Å². The molecule has 0 spiro atoms. The maximum absolute atomic E-state index is 13.7. The normalized spacial score (nSPS) is 10.4. The van der Waals surface area contributed by atoms with Crippen molar-refractivity contribution in [3.8, 4) is 5.75 Å². The summed E-state index contributed by atoms with van der Waals surface area (Å²) in [7, 11) is 1.49. The molecule has 2 rings (SSSR count). The van der Waals surface area contributed by atoms with Crippen LogP contribution in [-0.4, -0.2) is 7.11 Å². The van der Waals surface area contributed by atoms with Crippen LogP contribution < -0.4 is 15.8 Å². The maximum Gasteiger partial charge on any atom is 0.148 e. The fourth-order valence-corrected chi connectivity index (χ4v) is 2.54. The van der Waals surface area contributed by atoms with Gasteiger partial charge in [0.15, 0.2) is 0 Å². The quantitative estimate of drug-likeness (QED) is 0.842. The summed E-state index contributed by atoms with van der Waals surface area (Å²) in [6.45, 7) is 0.501. The van der Waals surface area contributed by atoms with Gasteiger partial charge >= 0.3 is 0 Å². The van der Waals surface area contributed by atoms with Crippen LogP contribution in [0.15, 0.2) is 24.3 Å². The third-order valence-electron chi connectivity index (χ3n) is 2.40. The number of thiophene rings is 1. The molecule has 3 N–H and O–H groups in total. The minimum Gasteiger partial charge on any atom is -0.495 e. The van der Waals surface area contributed by atoms with Crippen molar-refractivity contribution in [1.29, 1.82) is 0 Å². The summed E-state index contributed by atoms with van der Waals surface area (Å²) in [5.41, 5.74) is 6.23. The standard InChI is InChI=1S/C12H12ClFN2OS/c1-17-11-5-10(8(14)4-9(11)15)16-6-7-2-3-12(13)18-7/h2-5,16H,6,15H2,1H3. The lowest BCUT2D eigenvalue weighted by atomic mass is 10.2. The van der Waals surface area contributed by atoms with Crippen LogP contribution in [-0.2, 0) is 6.54 Å². The Balaban J connectivity index is 2.13. The first-order valence-electron chi connectivity index (χ1n) is 5.21. The first kappa shape index (κ1) is 13.0. The molecule has 1 aromatic heterocycles. The van der Waals surface area contributed by atoms with E-state index in [1.54, 1.807) is 6.07 Å². The summed E-state index contributed by atoms with van der Waals surface area (Å²) in [5, 5.41) is 2.99. The number of nitrogens with one attached hydrogen (secondary N) is 1. The van der Waals surface area contributed by atoms with Crippen LogP contribution in [0.4, 0.5) is 15.8 Å². The van der Waals surface area contributed by atoms with Gasteiger partial charge in [-0.25, -0.2) is 4.39 Å². The van der Waals surface area contributed by atoms with Gasteiger partial charge in [0, 0.05) is 23.6 Å². The molecule has 0 aliphatic rings. The molecule has 0 atom stereocenters. The molecule has 1 heterocycles. The van der Waals surface area contributed by atoms with Gasteiger partial charge in [0.1, 0.15) is 11.6 Å². The molecule has 0 unspecified atom stereocenters. The van der Waals surface area contributed by atoms with Gasteiger partial charge < -0.3 is 15.8 Å². The third kappa shape index (κ3) is 2.86. The molecule has 0 aliphatic heterocycles. The summed E-state index contributed by atoms with van der Waals surface area (Å²) in [6.07, 6.45) is 0. The average Bonchev–Trinajstić information content (AvgIpc) is 2.74. The Bertz CT molecular complexity index is 559. The van der Waals surface area contributed by atoms with Gasteiger partial charge in [-0.2, -0.15) is 0 Å². The van der Waals surface area contributed by atoms with Gasteiger partial charge in [-0.15, -0.1) is 11.3 Å². The Kier molecular flexibility index (Phi) is 3.93. The molecular weight excluding hydrogens is 275 g/mol. The zero-order valence-electron chi connectivity index (χ0n) is 9.67. The van der Waals surface area contributed by atoms with Gasteiger partial charge in [0.2, 0.25) is 0 Å². The van der Waals surface area contributed by atoms with Crippen molar-refractivity contribution in [2.45, 2.75) is 6.54 Å². The number of nitrogen functional groups attached to an aromatic ring is 1. The van der Waals surface area contributed by atoms with Gasteiger partial charge in [-0.05, 0) is 12.1 Å². The molecule has 6 heteroatoms. The molecule has 0 aliphatic carbocycles. The predicted octanol–water partition coefficient (Wildman–Crippen LogP) is 3.74. The first-order chi connectivity index (χ1) is 8.60. The second-order valence-electron chi connectivity index (χ2n) is 3.63. The first-order valence-corrected chi connectivity index (χ1v) is 6.40. The molecule has 0 fully saturated rings. The van der Waals surface area contributed by atoms with Crippen LogP contribution >= 0.6 is 22.9 Å². The Morgan fingerprint density at radius 2 is 2.22 bits per heavy atom. The Morgan fingerprint density at radius 3 is 2.83 bits per heavy atom. The van der Waals surface area contributed by atoms with Crippen molar-refractivity contribution in [2.24, 2.45) is 0 Å². The molecular formula is C12H12ClFN2OS. The highest BCUT2D eigenvalue weighted by atomic mass is 35.5. The largest absolute Gasteiger partial charge is 0.495 e. The maximum atomic E-state index is 13.7. The SMILES string of the molecule is COc1cc(NCc2ccc(Cl)s2)c(F)cc1N. The summed E-state index contributed by atoms with van der Waals surface area (Å²) in [6, 6.07) is 6.48. The topological polar surface area (TPSA) is 47.3 Å². The number of ether oxygens (including phenoxy) is 1. The highest BCUT2D eigenvalue weighted by molar-refractivity contribution is 7.16. The number of nitrogens with two attached hydrogens (primary N) is 1. The summed E-state index contributed by atoms with van der Waals surface area (Å²) in [5.74, 6) is 0.0408. The lowest BCUT2D eigenvalue weighted by molar-refractivity contribution is 0.416. The number of methoxy groups -OCH3 is 1. The number of anilines is 2. The molecule has 1 aromatic carbocycles. The second kappa shape index (κ2) is 5.46. The number of rotatable bonds is 4. The van der Waals surface area contributed by atoms with Crippen LogP contribution in [0.25, 0.3) is 0 Å². The van der Waals surface area contributed by atoms with Crippen LogP contribution in [0, 0.1) is 5.82 Å². The molecule has 0 bridgehead atoms. The Hall–Kier alpha value is -1.46. The summed E-state index contributed by atoms with van der Waals surface area (Å²) >= 11 is 7.27. The monoisotopic (exact) mass is 286 g/mol. The lowest BCUT2D eigenvalue weighted by Crippen LogP contribution is -2.02. The van der Waals surface area contributed by atoms with E-state index < -0.39 is 5.82 Å². The zero-order valence-corrected chi connectivity index (χ0v) is 11.2. The highest BCUT2D eigenvalue weighted by Gasteiger charge is 2.08. The number of halogens is 2. The Morgan fingerprint density at radius 1 is 1.44 bits per heavy atom. The van der Waals surface area contributed by atoms with Crippen LogP contribution in [0.5, 0.6) is 5.75 Å². The molecule has 18 heavy (non-hydrogen) atoms. The predicted molar refractivity (Wildman–Crippen MR) is 74.0 cm³/mol. The number of hydrogen-bond donors (Lipinski definition) is 2. The lowest BCUT2D eigenvalue weighted by Gasteiger charge is -2.10. The smallest absolute Gasteiger partial charge is 0.148 e. The van der Waals surface area contributed by atoms with E-state index in [-0.39, 0.29) is 5.69 Å². The third-order valence-corrected chi connectivity index (χ3v) is 3.63. The van der Waals surface area contributed by atoms with Crippen molar-refractivity contribution < 1.29 is 9.13 Å². The van der Waals surface area contributed by atoms with E-state index in [9.17, 15) is 4.39 Å². The molecule has 0 saturated heterocycles. The van der Waals surface area contributed by atoms with E-state index >= 15 is 0 Å². The molecule has 0 radical (unpaired) electrons. The van der Waals surface area contributed by atoms with E-state index in [4.69, 9.17) is 22.1 Å². The number of hydrogen-bond acceptors (Lipinski definition) is 4. The minimum absolute atomic E-state index is 0.278. The molecule has 2 aromatic rings. The van der Waals surface area contributed by atoms with E-state index in [0.717, 1.165) is 4.88 Å². The Labute approximate surface area is 113 Å². The fourth-order valence-electron chi connectivity index (χ4n) is 1.51. The molecule has 0 saturated carbocycles. The average molecular weight is 287 g/mol. The summed E-state index contributed by atoms with van der Waals surface area (Å²) in [4.78, 5) is 1.02. The fraction of sp³-hybridized carbons (Fsp3) is 0.167. The van der Waals surface area contributed by atoms with E-state index in [1.807, 2.05) is 12.1 Å². The van der Waals surface area contributed by atoms with Crippen molar-refractivity contribution in [3.63, 3.8) is 0 Å².